The summed E-state index contributed by atoms with van der Waals surface area (Å²) < 4.78 is 0. The van der Waals surface area contributed by atoms with Crippen molar-refractivity contribution in [3.05, 3.63) is 21.9 Å². The van der Waals surface area contributed by atoms with E-state index in [1.165, 1.54) is 10.4 Å². The first kappa shape index (κ1) is 14.0. The van der Waals surface area contributed by atoms with Crippen LogP contribution in [0.2, 0.25) is 0 Å². The summed E-state index contributed by atoms with van der Waals surface area (Å²) in [5.41, 5.74) is 1.36. The van der Waals surface area contributed by atoms with Gasteiger partial charge < -0.3 is 10.2 Å². The Balaban J connectivity index is 1.65. The summed E-state index contributed by atoms with van der Waals surface area (Å²) in [5, 5.41) is 5.46. The third-order valence-electron chi connectivity index (χ3n) is 4.39. The number of nitrogens with zero attached hydrogens (tertiary/aromatic N) is 2. The molecule has 3 heterocycles. The summed E-state index contributed by atoms with van der Waals surface area (Å²) in [5.74, 6) is 0.346. The number of carbonyl (C=O) groups is 1. The standard InChI is InChI=1S/C15H23N3OS/c1-12-4-10-20-14(12)11-18-7-2-3-13(18)15(19)17-8-5-16-6-9-17/h4,10,13,16H,2-3,5-9,11H2,1H3. The maximum Gasteiger partial charge on any atom is 0.240 e. The molecule has 2 aliphatic rings. The molecule has 2 saturated heterocycles. The van der Waals surface area contributed by atoms with Gasteiger partial charge in [0, 0.05) is 37.6 Å². The number of hydrogen-bond donors (Lipinski definition) is 1. The van der Waals surface area contributed by atoms with Gasteiger partial charge in [0.1, 0.15) is 0 Å². The largest absolute Gasteiger partial charge is 0.339 e. The number of likely N-dealkylation sites (tertiary alicyclic amines) is 1. The lowest BCUT2D eigenvalue weighted by Gasteiger charge is -2.32. The lowest BCUT2D eigenvalue weighted by Crippen LogP contribution is -2.52. The van der Waals surface area contributed by atoms with E-state index in [1.807, 2.05) is 16.2 Å². The van der Waals surface area contributed by atoms with Crippen molar-refractivity contribution in [2.45, 2.75) is 32.4 Å². The van der Waals surface area contributed by atoms with E-state index in [1.54, 1.807) is 0 Å². The van der Waals surface area contributed by atoms with Gasteiger partial charge in [-0.1, -0.05) is 0 Å². The molecule has 1 aromatic rings. The van der Waals surface area contributed by atoms with Crippen LogP contribution in [0.3, 0.4) is 0 Å². The quantitative estimate of drug-likeness (QED) is 0.916. The molecule has 0 aromatic carbocycles. The van der Waals surface area contributed by atoms with Crippen LogP contribution >= 0.6 is 11.3 Å². The second kappa shape index (κ2) is 6.24. The average Bonchev–Trinajstić information content (AvgIpc) is 3.09. The number of piperazine rings is 1. The summed E-state index contributed by atoms with van der Waals surface area (Å²) >= 11 is 1.81. The summed E-state index contributed by atoms with van der Waals surface area (Å²) in [6, 6.07) is 2.28. The fraction of sp³-hybridized carbons (Fsp3) is 0.667. The summed E-state index contributed by atoms with van der Waals surface area (Å²) in [6.07, 6.45) is 2.17. The molecule has 0 bridgehead atoms. The molecule has 2 fully saturated rings. The number of rotatable bonds is 3. The lowest BCUT2D eigenvalue weighted by atomic mass is 10.1. The van der Waals surface area contributed by atoms with E-state index in [0.717, 1.165) is 52.1 Å². The maximum atomic E-state index is 12.7. The maximum absolute atomic E-state index is 12.7. The van der Waals surface area contributed by atoms with E-state index in [-0.39, 0.29) is 6.04 Å². The van der Waals surface area contributed by atoms with Crippen LogP contribution in [-0.4, -0.2) is 54.5 Å². The second-order valence-corrected chi connectivity index (χ2v) is 6.73. The Hall–Kier alpha value is -0.910. The first-order chi connectivity index (χ1) is 9.75. The molecule has 1 atom stereocenters. The zero-order valence-corrected chi connectivity index (χ0v) is 12.9. The van der Waals surface area contributed by atoms with Crippen molar-refractivity contribution in [2.24, 2.45) is 0 Å². The highest BCUT2D eigenvalue weighted by atomic mass is 32.1. The monoisotopic (exact) mass is 293 g/mol. The number of carbonyl (C=O) groups excluding carboxylic acids is 1. The Bertz CT molecular complexity index is 467. The molecule has 5 heteroatoms. The number of amides is 1. The summed E-state index contributed by atoms with van der Waals surface area (Å²) in [6.45, 7) is 7.74. The van der Waals surface area contributed by atoms with Crippen LogP contribution in [0.25, 0.3) is 0 Å². The molecule has 0 saturated carbocycles. The molecule has 0 radical (unpaired) electrons. The number of aryl methyl sites for hydroxylation is 1. The molecule has 1 aromatic heterocycles. The third-order valence-corrected chi connectivity index (χ3v) is 5.40. The predicted molar refractivity (Wildman–Crippen MR) is 81.9 cm³/mol. The SMILES string of the molecule is Cc1ccsc1CN1CCCC1C(=O)N1CCNCC1. The zero-order chi connectivity index (χ0) is 13.9. The molecular formula is C15H23N3OS. The summed E-state index contributed by atoms with van der Waals surface area (Å²) in [7, 11) is 0. The molecule has 1 amide bonds. The Kier molecular flexibility index (Phi) is 4.38. The Morgan fingerprint density at radius 2 is 2.20 bits per heavy atom. The van der Waals surface area contributed by atoms with E-state index < -0.39 is 0 Å². The van der Waals surface area contributed by atoms with Gasteiger partial charge in [-0.2, -0.15) is 0 Å². The highest BCUT2D eigenvalue weighted by molar-refractivity contribution is 7.10. The molecular weight excluding hydrogens is 270 g/mol. The Labute approximate surface area is 124 Å². The van der Waals surface area contributed by atoms with Crippen LogP contribution in [-0.2, 0) is 11.3 Å². The van der Waals surface area contributed by atoms with Gasteiger partial charge in [-0.3, -0.25) is 9.69 Å². The lowest BCUT2D eigenvalue weighted by molar-refractivity contribution is -0.136. The highest BCUT2D eigenvalue weighted by Crippen LogP contribution is 2.25. The first-order valence-corrected chi connectivity index (χ1v) is 8.40. The van der Waals surface area contributed by atoms with Crippen LogP contribution in [0, 0.1) is 6.92 Å². The Morgan fingerprint density at radius 1 is 1.40 bits per heavy atom. The van der Waals surface area contributed by atoms with Crippen molar-refractivity contribution in [3.63, 3.8) is 0 Å². The van der Waals surface area contributed by atoms with Gasteiger partial charge in [0.25, 0.3) is 0 Å². The van der Waals surface area contributed by atoms with Gasteiger partial charge in [0.15, 0.2) is 0 Å². The van der Waals surface area contributed by atoms with Crippen LogP contribution in [0.4, 0.5) is 0 Å². The molecule has 2 aliphatic heterocycles. The molecule has 20 heavy (non-hydrogen) atoms. The van der Waals surface area contributed by atoms with Gasteiger partial charge in [-0.15, -0.1) is 11.3 Å². The molecule has 0 spiro atoms. The fourth-order valence-corrected chi connectivity index (χ4v) is 4.07. The molecule has 110 valence electrons. The molecule has 1 unspecified atom stereocenters. The second-order valence-electron chi connectivity index (χ2n) is 5.73. The van der Waals surface area contributed by atoms with Crippen molar-refractivity contribution in [3.8, 4) is 0 Å². The highest BCUT2D eigenvalue weighted by Gasteiger charge is 2.34. The van der Waals surface area contributed by atoms with Gasteiger partial charge >= 0.3 is 0 Å². The van der Waals surface area contributed by atoms with E-state index in [2.05, 4.69) is 28.6 Å². The smallest absolute Gasteiger partial charge is 0.240 e. The van der Waals surface area contributed by atoms with Gasteiger partial charge in [-0.05, 0) is 43.3 Å². The van der Waals surface area contributed by atoms with Crippen molar-refractivity contribution >= 4 is 17.2 Å². The minimum atomic E-state index is 0.106. The van der Waals surface area contributed by atoms with Crippen molar-refractivity contribution in [1.82, 2.24) is 15.1 Å². The van der Waals surface area contributed by atoms with E-state index in [9.17, 15) is 4.79 Å². The molecule has 0 aliphatic carbocycles. The topological polar surface area (TPSA) is 35.6 Å². The van der Waals surface area contributed by atoms with Crippen LogP contribution in [0.15, 0.2) is 11.4 Å². The van der Waals surface area contributed by atoms with E-state index in [4.69, 9.17) is 0 Å². The van der Waals surface area contributed by atoms with E-state index in [0.29, 0.717) is 5.91 Å². The van der Waals surface area contributed by atoms with Gasteiger partial charge in [0.2, 0.25) is 5.91 Å². The summed E-state index contributed by atoms with van der Waals surface area (Å²) in [4.78, 5) is 18.5. The third kappa shape index (κ3) is 2.90. The minimum absolute atomic E-state index is 0.106. The zero-order valence-electron chi connectivity index (χ0n) is 12.1. The number of thiophene rings is 1. The fourth-order valence-electron chi connectivity index (χ4n) is 3.14. The predicted octanol–water partition coefficient (Wildman–Crippen LogP) is 1.45. The molecule has 3 rings (SSSR count). The van der Waals surface area contributed by atoms with Crippen LogP contribution in [0.1, 0.15) is 23.3 Å². The van der Waals surface area contributed by atoms with Crippen molar-refractivity contribution in [2.75, 3.05) is 32.7 Å². The van der Waals surface area contributed by atoms with Crippen LogP contribution < -0.4 is 5.32 Å². The van der Waals surface area contributed by atoms with Gasteiger partial charge in [0.05, 0.1) is 6.04 Å². The molecule has 4 nitrogen and oxygen atoms in total. The van der Waals surface area contributed by atoms with E-state index >= 15 is 0 Å². The Morgan fingerprint density at radius 3 is 2.90 bits per heavy atom. The average molecular weight is 293 g/mol. The normalized spacial score (nSPS) is 24.2. The van der Waals surface area contributed by atoms with Crippen molar-refractivity contribution < 1.29 is 4.79 Å². The minimum Gasteiger partial charge on any atom is -0.339 e. The van der Waals surface area contributed by atoms with Crippen molar-refractivity contribution in [1.29, 1.82) is 0 Å². The number of nitrogens with one attached hydrogen (secondary N) is 1. The first-order valence-electron chi connectivity index (χ1n) is 7.52. The van der Waals surface area contributed by atoms with Crippen LogP contribution in [0.5, 0.6) is 0 Å². The number of hydrogen-bond acceptors (Lipinski definition) is 4. The molecule has 1 N–H and O–H groups in total. The van der Waals surface area contributed by atoms with Gasteiger partial charge in [-0.25, -0.2) is 0 Å².